The van der Waals surface area contributed by atoms with Crippen molar-refractivity contribution in [2.75, 3.05) is 18.4 Å². The second-order valence-electron chi connectivity index (χ2n) is 5.19. The van der Waals surface area contributed by atoms with E-state index in [-0.39, 0.29) is 17.7 Å². The predicted molar refractivity (Wildman–Crippen MR) is 80.6 cm³/mol. The van der Waals surface area contributed by atoms with E-state index in [1.165, 1.54) is 23.9 Å². The van der Waals surface area contributed by atoms with Gasteiger partial charge in [-0.1, -0.05) is 11.3 Å². The van der Waals surface area contributed by atoms with Gasteiger partial charge in [0.1, 0.15) is 11.3 Å². The molecule has 22 heavy (non-hydrogen) atoms. The van der Waals surface area contributed by atoms with Crippen molar-refractivity contribution < 1.29 is 14.0 Å². The Bertz CT molecular complexity index is 659. The lowest BCUT2D eigenvalue weighted by molar-refractivity contribution is -0.121. The Hall–Kier alpha value is -2.22. The second-order valence-corrected chi connectivity index (χ2v) is 6.38. The van der Waals surface area contributed by atoms with Gasteiger partial charge in [0.2, 0.25) is 11.0 Å². The number of hydrogen-bond acceptors (Lipinski definition) is 6. The molecule has 1 fully saturated rings. The zero-order chi connectivity index (χ0) is 15.5. The van der Waals surface area contributed by atoms with E-state index in [2.05, 4.69) is 15.5 Å². The molecule has 1 saturated heterocycles. The maximum Gasteiger partial charge on any atom is 0.257 e. The molecule has 0 spiro atoms. The molecule has 2 aromatic rings. The second kappa shape index (κ2) is 6.27. The maximum absolute atomic E-state index is 12.2. The van der Waals surface area contributed by atoms with Crippen molar-refractivity contribution in [3.63, 3.8) is 0 Å². The molecule has 0 saturated carbocycles. The summed E-state index contributed by atoms with van der Waals surface area (Å²) in [5.41, 5.74) is 0.548. The zero-order valence-electron chi connectivity index (χ0n) is 12.1. The molecule has 1 aliphatic rings. The molecule has 116 valence electrons. The molecule has 1 N–H and O–H groups in total. The molecule has 2 aromatic heterocycles. The van der Waals surface area contributed by atoms with Crippen LogP contribution in [-0.2, 0) is 4.79 Å². The minimum atomic E-state index is -0.0994. The van der Waals surface area contributed by atoms with E-state index in [0.29, 0.717) is 36.6 Å². The van der Waals surface area contributed by atoms with E-state index in [1.807, 2.05) is 6.92 Å². The number of nitrogens with zero attached hydrogens (tertiary/aromatic N) is 3. The summed E-state index contributed by atoms with van der Waals surface area (Å²) >= 11 is 1.35. The van der Waals surface area contributed by atoms with E-state index in [9.17, 15) is 9.59 Å². The lowest BCUT2D eigenvalue weighted by Crippen LogP contribution is -2.41. The first-order valence-corrected chi connectivity index (χ1v) is 7.87. The van der Waals surface area contributed by atoms with Gasteiger partial charge >= 0.3 is 0 Å². The van der Waals surface area contributed by atoms with Gasteiger partial charge in [-0.05, 0) is 25.8 Å². The maximum atomic E-state index is 12.2. The Morgan fingerprint density at radius 1 is 1.36 bits per heavy atom. The Labute approximate surface area is 131 Å². The lowest BCUT2D eigenvalue weighted by atomic mass is 9.95. The fourth-order valence-corrected chi connectivity index (χ4v) is 3.06. The summed E-state index contributed by atoms with van der Waals surface area (Å²) < 4.78 is 4.93. The number of aromatic nitrogens is 2. The Morgan fingerprint density at radius 3 is 2.73 bits per heavy atom. The van der Waals surface area contributed by atoms with Gasteiger partial charge in [0.25, 0.3) is 5.91 Å². The van der Waals surface area contributed by atoms with Gasteiger partial charge in [-0.2, -0.15) is 0 Å². The minimum Gasteiger partial charge on any atom is -0.472 e. The van der Waals surface area contributed by atoms with Gasteiger partial charge < -0.3 is 14.6 Å². The van der Waals surface area contributed by atoms with Crippen LogP contribution in [0.1, 0.15) is 28.2 Å². The van der Waals surface area contributed by atoms with Crippen molar-refractivity contribution in [2.24, 2.45) is 5.92 Å². The molecule has 0 aliphatic carbocycles. The number of anilines is 1. The highest BCUT2D eigenvalue weighted by Gasteiger charge is 2.28. The molecule has 7 nitrogen and oxygen atoms in total. The number of amides is 2. The summed E-state index contributed by atoms with van der Waals surface area (Å²) in [7, 11) is 0. The molecule has 2 amide bonds. The van der Waals surface area contributed by atoms with Crippen LogP contribution in [0.25, 0.3) is 0 Å². The highest BCUT2D eigenvalue weighted by Crippen LogP contribution is 2.22. The summed E-state index contributed by atoms with van der Waals surface area (Å²) in [5, 5.41) is 11.9. The molecule has 3 rings (SSSR count). The van der Waals surface area contributed by atoms with Gasteiger partial charge in [-0.25, -0.2) is 0 Å². The van der Waals surface area contributed by atoms with Crippen molar-refractivity contribution in [1.82, 2.24) is 15.1 Å². The monoisotopic (exact) mass is 320 g/mol. The molecule has 3 heterocycles. The first-order chi connectivity index (χ1) is 10.6. The van der Waals surface area contributed by atoms with Crippen molar-refractivity contribution in [2.45, 2.75) is 19.8 Å². The molecule has 0 bridgehead atoms. The zero-order valence-corrected chi connectivity index (χ0v) is 12.9. The van der Waals surface area contributed by atoms with E-state index in [4.69, 9.17) is 4.42 Å². The highest BCUT2D eigenvalue weighted by molar-refractivity contribution is 7.15. The Balaban J connectivity index is 1.53. The Kier molecular flexibility index (Phi) is 4.19. The molecular weight excluding hydrogens is 304 g/mol. The van der Waals surface area contributed by atoms with E-state index >= 15 is 0 Å². The predicted octanol–water partition coefficient (Wildman–Crippen LogP) is 1.93. The molecule has 0 radical (unpaired) electrons. The van der Waals surface area contributed by atoms with Crippen LogP contribution in [0.3, 0.4) is 0 Å². The van der Waals surface area contributed by atoms with E-state index < -0.39 is 0 Å². The fraction of sp³-hybridized carbons (Fsp3) is 0.429. The van der Waals surface area contributed by atoms with Gasteiger partial charge in [0.15, 0.2) is 0 Å². The third-order valence-electron chi connectivity index (χ3n) is 3.68. The summed E-state index contributed by atoms with van der Waals surface area (Å²) in [4.78, 5) is 26.1. The van der Waals surface area contributed by atoms with Crippen molar-refractivity contribution in [3.05, 3.63) is 29.2 Å². The summed E-state index contributed by atoms with van der Waals surface area (Å²) in [6, 6.07) is 1.65. The van der Waals surface area contributed by atoms with Crippen LogP contribution in [0, 0.1) is 12.8 Å². The molecular formula is C14H16N4O3S. The summed E-state index contributed by atoms with van der Waals surface area (Å²) in [6.45, 7) is 2.97. The third kappa shape index (κ3) is 3.16. The van der Waals surface area contributed by atoms with E-state index in [1.54, 1.807) is 11.0 Å². The number of carbonyl (C=O) groups excluding carboxylic acids is 2. The number of aryl methyl sites for hydroxylation is 1. The first kappa shape index (κ1) is 14.7. The smallest absolute Gasteiger partial charge is 0.257 e. The standard InChI is InChI=1S/C14H16N4O3S/c1-9-16-17-14(22-9)15-12(19)10-2-5-18(6-3-10)13(20)11-4-7-21-8-11/h4,7-8,10H,2-3,5-6H2,1H3,(H,15,17,19). The normalized spacial score (nSPS) is 15.8. The van der Waals surface area contributed by atoms with Crippen molar-refractivity contribution in [1.29, 1.82) is 0 Å². The SMILES string of the molecule is Cc1nnc(NC(=O)C2CCN(C(=O)c3ccoc3)CC2)s1. The van der Waals surface area contributed by atoms with Crippen LogP contribution < -0.4 is 5.32 Å². The molecule has 0 aromatic carbocycles. The van der Waals surface area contributed by atoms with Gasteiger partial charge in [-0.15, -0.1) is 10.2 Å². The van der Waals surface area contributed by atoms with Crippen LogP contribution in [0.4, 0.5) is 5.13 Å². The largest absolute Gasteiger partial charge is 0.472 e. The lowest BCUT2D eigenvalue weighted by Gasteiger charge is -2.30. The minimum absolute atomic E-state index is 0.0487. The van der Waals surface area contributed by atoms with Crippen molar-refractivity contribution >= 4 is 28.3 Å². The number of rotatable bonds is 3. The van der Waals surface area contributed by atoms with Gasteiger partial charge in [0.05, 0.1) is 11.8 Å². The average molecular weight is 320 g/mol. The van der Waals surface area contributed by atoms with Crippen LogP contribution in [0.15, 0.2) is 23.0 Å². The summed E-state index contributed by atoms with van der Waals surface area (Å²) in [6.07, 6.45) is 4.22. The Morgan fingerprint density at radius 2 is 2.14 bits per heavy atom. The summed E-state index contributed by atoms with van der Waals surface area (Å²) in [5.74, 6) is -0.198. The number of furan rings is 1. The molecule has 1 aliphatic heterocycles. The van der Waals surface area contributed by atoms with E-state index in [0.717, 1.165) is 5.01 Å². The number of piperidine rings is 1. The quantitative estimate of drug-likeness (QED) is 0.933. The average Bonchev–Trinajstić information content (AvgIpc) is 3.18. The van der Waals surface area contributed by atoms with Crippen molar-refractivity contribution in [3.8, 4) is 0 Å². The first-order valence-electron chi connectivity index (χ1n) is 7.06. The van der Waals surface area contributed by atoms with Crippen LogP contribution in [0.2, 0.25) is 0 Å². The van der Waals surface area contributed by atoms with Gasteiger partial charge in [0, 0.05) is 19.0 Å². The molecule has 8 heteroatoms. The number of hydrogen-bond donors (Lipinski definition) is 1. The molecule has 0 unspecified atom stereocenters. The highest BCUT2D eigenvalue weighted by atomic mass is 32.1. The third-order valence-corrected chi connectivity index (χ3v) is 4.43. The number of carbonyl (C=O) groups is 2. The van der Waals surface area contributed by atoms with Crippen LogP contribution in [-0.4, -0.2) is 40.0 Å². The number of nitrogens with one attached hydrogen (secondary N) is 1. The molecule has 0 atom stereocenters. The number of likely N-dealkylation sites (tertiary alicyclic amines) is 1. The fourth-order valence-electron chi connectivity index (χ4n) is 2.47. The van der Waals surface area contributed by atoms with Crippen LogP contribution in [0.5, 0.6) is 0 Å². The van der Waals surface area contributed by atoms with Gasteiger partial charge in [-0.3, -0.25) is 9.59 Å². The topological polar surface area (TPSA) is 88.3 Å². The van der Waals surface area contributed by atoms with Crippen LogP contribution >= 0.6 is 11.3 Å².